The van der Waals surface area contributed by atoms with Crippen LogP contribution in [0.25, 0.3) is 10.6 Å². The van der Waals surface area contributed by atoms with Crippen molar-refractivity contribution in [2.45, 2.75) is 6.92 Å². The minimum atomic E-state index is -0.710. The predicted molar refractivity (Wildman–Crippen MR) is 104 cm³/mol. The van der Waals surface area contributed by atoms with E-state index < -0.39 is 18.5 Å². The molecule has 1 amide bonds. The van der Waals surface area contributed by atoms with Crippen molar-refractivity contribution in [3.8, 4) is 16.3 Å². The third-order valence-electron chi connectivity index (χ3n) is 3.60. The molecule has 0 fully saturated rings. The first-order chi connectivity index (χ1) is 13.6. The molecule has 8 heteroatoms. The summed E-state index contributed by atoms with van der Waals surface area (Å²) >= 11 is 1.23. The molecule has 0 aliphatic heterocycles. The van der Waals surface area contributed by atoms with E-state index in [0.717, 1.165) is 0 Å². The highest BCUT2D eigenvalue weighted by Gasteiger charge is 2.16. The maximum absolute atomic E-state index is 13.0. The fourth-order valence-electron chi connectivity index (χ4n) is 2.34. The van der Waals surface area contributed by atoms with Crippen LogP contribution in [0.15, 0.2) is 53.9 Å². The number of amides is 1. The summed E-state index contributed by atoms with van der Waals surface area (Å²) in [6.45, 7) is 1.85. The first kappa shape index (κ1) is 19.5. The van der Waals surface area contributed by atoms with E-state index in [-0.39, 0.29) is 11.5 Å². The van der Waals surface area contributed by atoms with Crippen LogP contribution in [0.3, 0.4) is 0 Å². The number of aromatic nitrogens is 1. The van der Waals surface area contributed by atoms with Crippen molar-refractivity contribution in [1.29, 1.82) is 0 Å². The highest BCUT2D eigenvalue weighted by molar-refractivity contribution is 7.13. The van der Waals surface area contributed by atoms with Gasteiger partial charge in [-0.05, 0) is 43.3 Å². The quantitative estimate of drug-likeness (QED) is 0.603. The fraction of sp³-hybridized carbons (Fsp3) is 0.150. The topological polar surface area (TPSA) is 77.5 Å². The lowest BCUT2D eigenvalue weighted by Gasteiger charge is -2.11. The van der Waals surface area contributed by atoms with E-state index in [9.17, 15) is 14.0 Å². The largest absolute Gasteiger partial charge is 0.492 e. The predicted octanol–water partition coefficient (Wildman–Crippen LogP) is 4.14. The van der Waals surface area contributed by atoms with Gasteiger partial charge in [-0.15, -0.1) is 11.3 Å². The summed E-state index contributed by atoms with van der Waals surface area (Å²) in [7, 11) is 0. The van der Waals surface area contributed by atoms with E-state index in [0.29, 0.717) is 28.6 Å². The molecule has 28 heavy (non-hydrogen) atoms. The van der Waals surface area contributed by atoms with Gasteiger partial charge in [0.05, 0.1) is 12.3 Å². The third kappa shape index (κ3) is 4.92. The molecule has 0 aliphatic carbocycles. The number of hydrogen-bond acceptors (Lipinski definition) is 6. The van der Waals surface area contributed by atoms with Crippen LogP contribution in [-0.4, -0.2) is 30.1 Å². The zero-order valence-corrected chi connectivity index (χ0v) is 15.8. The Kier molecular flexibility index (Phi) is 6.33. The van der Waals surface area contributed by atoms with Crippen LogP contribution in [0.5, 0.6) is 5.75 Å². The molecule has 3 aromatic rings. The highest BCUT2D eigenvalue weighted by Crippen LogP contribution is 2.25. The highest BCUT2D eigenvalue weighted by atomic mass is 32.1. The zero-order chi connectivity index (χ0) is 19.9. The normalized spacial score (nSPS) is 10.4. The number of anilines is 1. The van der Waals surface area contributed by atoms with E-state index in [2.05, 4.69) is 10.3 Å². The molecule has 0 aliphatic rings. The lowest BCUT2D eigenvalue weighted by Crippen LogP contribution is -2.21. The van der Waals surface area contributed by atoms with Gasteiger partial charge in [-0.25, -0.2) is 14.2 Å². The lowest BCUT2D eigenvalue weighted by molar-refractivity contribution is -0.119. The molecule has 3 rings (SSSR count). The zero-order valence-electron chi connectivity index (χ0n) is 15.0. The number of para-hydroxylation sites is 2. The average molecular weight is 400 g/mol. The van der Waals surface area contributed by atoms with Gasteiger partial charge in [0, 0.05) is 10.9 Å². The monoisotopic (exact) mass is 400 g/mol. The van der Waals surface area contributed by atoms with Gasteiger partial charge in [0.2, 0.25) is 0 Å². The van der Waals surface area contributed by atoms with Crippen LogP contribution < -0.4 is 10.1 Å². The standard InChI is InChI=1S/C20H17FN2O4S/c1-2-26-17-6-4-3-5-15(17)22-18(24)11-27-20(25)16-12-28-19(23-16)13-7-9-14(21)10-8-13/h3-10,12H,2,11H2,1H3,(H,22,24). The van der Waals surface area contributed by atoms with Crippen molar-refractivity contribution < 1.29 is 23.5 Å². The lowest BCUT2D eigenvalue weighted by atomic mass is 10.2. The minimum absolute atomic E-state index is 0.0897. The van der Waals surface area contributed by atoms with Crippen molar-refractivity contribution in [2.24, 2.45) is 0 Å². The van der Waals surface area contributed by atoms with Crippen LogP contribution >= 0.6 is 11.3 Å². The van der Waals surface area contributed by atoms with Crippen molar-refractivity contribution in [3.63, 3.8) is 0 Å². The molecular weight excluding hydrogens is 383 g/mol. The number of rotatable bonds is 7. The number of nitrogens with one attached hydrogen (secondary N) is 1. The number of nitrogens with zero attached hydrogens (tertiary/aromatic N) is 1. The van der Waals surface area contributed by atoms with Gasteiger partial charge >= 0.3 is 5.97 Å². The van der Waals surface area contributed by atoms with Gasteiger partial charge in [-0.3, -0.25) is 4.79 Å². The van der Waals surface area contributed by atoms with Crippen molar-refractivity contribution in [2.75, 3.05) is 18.5 Å². The van der Waals surface area contributed by atoms with E-state index in [1.807, 2.05) is 6.92 Å². The molecule has 0 atom stereocenters. The summed E-state index contributed by atoms with van der Waals surface area (Å²) < 4.78 is 23.5. The van der Waals surface area contributed by atoms with Gasteiger partial charge in [-0.2, -0.15) is 0 Å². The Hall–Kier alpha value is -3.26. The molecule has 0 bridgehead atoms. The number of ether oxygens (including phenoxy) is 2. The van der Waals surface area contributed by atoms with E-state index in [1.165, 1.54) is 28.8 Å². The molecule has 0 saturated carbocycles. The Bertz CT molecular complexity index is 972. The Labute approximate surface area is 164 Å². The molecule has 0 unspecified atom stereocenters. The van der Waals surface area contributed by atoms with Gasteiger partial charge in [0.1, 0.15) is 16.6 Å². The summed E-state index contributed by atoms with van der Waals surface area (Å²) in [4.78, 5) is 28.4. The number of carbonyl (C=O) groups excluding carboxylic acids is 2. The second-order valence-electron chi connectivity index (χ2n) is 5.60. The smallest absolute Gasteiger partial charge is 0.358 e. The molecule has 1 aromatic heterocycles. The molecular formula is C20H17FN2O4S. The summed E-state index contributed by atoms with van der Waals surface area (Å²) in [6, 6.07) is 12.8. The van der Waals surface area contributed by atoms with Gasteiger partial charge in [0.15, 0.2) is 12.3 Å². The Morgan fingerprint density at radius 1 is 1.14 bits per heavy atom. The fourth-order valence-corrected chi connectivity index (χ4v) is 3.13. The molecule has 0 radical (unpaired) electrons. The average Bonchev–Trinajstić information content (AvgIpc) is 3.19. The minimum Gasteiger partial charge on any atom is -0.492 e. The summed E-state index contributed by atoms with van der Waals surface area (Å²) in [6.07, 6.45) is 0. The van der Waals surface area contributed by atoms with Crippen molar-refractivity contribution in [1.82, 2.24) is 4.98 Å². The third-order valence-corrected chi connectivity index (χ3v) is 4.49. The number of carbonyl (C=O) groups is 2. The number of esters is 1. The summed E-state index contributed by atoms with van der Waals surface area (Å²) in [5.41, 5.74) is 1.28. The Morgan fingerprint density at radius 2 is 1.89 bits per heavy atom. The number of thiazole rings is 1. The maximum atomic E-state index is 13.0. The second-order valence-corrected chi connectivity index (χ2v) is 6.46. The van der Waals surface area contributed by atoms with Crippen LogP contribution in [0.1, 0.15) is 17.4 Å². The maximum Gasteiger partial charge on any atom is 0.358 e. The molecule has 1 heterocycles. The first-order valence-corrected chi connectivity index (χ1v) is 9.35. The van der Waals surface area contributed by atoms with Crippen LogP contribution in [-0.2, 0) is 9.53 Å². The van der Waals surface area contributed by atoms with E-state index in [1.54, 1.807) is 36.4 Å². The molecule has 6 nitrogen and oxygen atoms in total. The Morgan fingerprint density at radius 3 is 2.64 bits per heavy atom. The van der Waals surface area contributed by atoms with Crippen LogP contribution in [0, 0.1) is 5.82 Å². The molecule has 1 N–H and O–H groups in total. The van der Waals surface area contributed by atoms with Crippen molar-refractivity contribution >= 4 is 28.9 Å². The molecule has 0 saturated heterocycles. The summed E-state index contributed by atoms with van der Waals surface area (Å²) in [5.74, 6) is -1.02. The van der Waals surface area contributed by atoms with Crippen LogP contribution in [0.4, 0.5) is 10.1 Å². The van der Waals surface area contributed by atoms with E-state index in [4.69, 9.17) is 9.47 Å². The van der Waals surface area contributed by atoms with Gasteiger partial charge in [0.25, 0.3) is 5.91 Å². The summed E-state index contributed by atoms with van der Waals surface area (Å²) in [5, 5.41) is 4.73. The van der Waals surface area contributed by atoms with Gasteiger partial charge < -0.3 is 14.8 Å². The SMILES string of the molecule is CCOc1ccccc1NC(=O)COC(=O)c1csc(-c2ccc(F)cc2)n1. The number of halogens is 1. The Balaban J connectivity index is 1.57. The second kappa shape index (κ2) is 9.09. The van der Waals surface area contributed by atoms with Crippen LogP contribution in [0.2, 0.25) is 0 Å². The first-order valence-electron chi connectivity index (χ1n) is 8.47. The number of hydrogen-bond donors (Lipinski definition) is 1. The molecule has 0 spiro atoms. The molecule has 2 aromatic carbocycles. The van der Waals surface area contributed by atoms with E-state index >= 15 is 0 Å². The van der Waals surface area contributed by atoms with Crippen molar-refractivity contribution in [3.05, 3.63) is 65.4 Å². The molecule has 144 valence electrons. The number of benzene rings is 2. The van der Waals surface area contributed by atoms with Gasteiger partial charge in [-0.1, -0.05) is 12.1 Å².